The number of hydrogen-bond donors (Lipinski definition) is 1. The van der Waals surface area contributed by atoms with Gasteiger partial charge in [-0.3, -0.25) is 9.59 Å². The molecule has 1 aromatic rings. The molecule has 0 bridgehead atoms. The molecule has 1 amide bonds. The number of aldehydes is 1. The molecule has 0 radical (unpaired) electrons. The lowest BCUT2D eigenvalue weighted by Gasteiger charge is -2.02. The third-order valence-corrected chi connectivity index (χ3v) is 1.59. The number of halogens is 1. The topological polar surface area (TPSA) is 46.2 Å². The first-order valence-corrected chi connectivity index (χ1v) is 4.03. The highest BCUT2D eigenvalue weighted by Gasteiger charge is 1.99. The van der Waals surface area contributed by atoms with Gasteiger partial charge in [-0.1, -0.05) is 11.6 Å². The normalized spacial score (nSPS) is 9.38. The summed E-state index contributed by atoms with van der Waals surface area (Å²) in [6.45, 7) is 1.39. The van der Waals surface area contributed by atoms with Gasteiger partial charge in [-0.15, -0.1) is 0 Å². The Hall–Kier alpha value is -1.35. The first-order valence-electron chi connectivity index (χ1n) is 3.65. The summed E-state index contributed by atoms with van der Waals surface area (Å²) in [4.78, 5) is 21.1. The Labute approximate surface area is 80.7 Å². The molecule has 13 heavy (non-hydrogen) atoms. The predicted octanol–water partition coefficient (Wildman–Crippen LogP) is 2.11. The van der Waals surface area contributed by atoms with Crippen LogP contribution in [0.3, 0.4) is 0 Å². The van der Waals surface area contributed by atoms with Crippen molar-refractivity contribution in [3.63, 3.8) is 0 Å². The molecular weight excluding hydrogens is 190 g/mol. The monoisotopic (exact) mass is 197 g/mol. The van der Waals surface area contributed by atoms with Crippen LogP contribution in [-0.2, 0) is 4.79 Å². The molecule has 0 aliphatic rings. The standard InChI is InChI=1S/C9H8ClNO2/c1-6(13)11-9-3-7(5-12)2-8(10)4-9/h2-5H,1H3,(H,11,13). The fourth-order valence-corrected chi connectivity index (χ4v) is 1.20. The van der Waals surface area contributed by atoms with E-state index in [1.54, 1.807) is 12.1 Å². The van der Waals surface area contributed by atoms with E-state index in [1.807, 2.05) is 0 Å². The Bertz CT molecular complexity index is 349. The van der Waals surface area contributed by atoms with Crippen molar-refractivity contribution in [1.29, 1.82) is 0 Å². The highest BCUT2D eigenvalue weighted by Crippen LogP contribution is 2.17. The molecule has 1 rings (SSSR count). The van der Waals surface area contributed by atoms with Crippen molar-refractivity contribution in [3.8, 4) is 0 Å². The van der Waals surface area contributed by atoms with Gasteiger partial charge in [-0.25, -0.2) is 0 Å². The average Bonchev–Trinajstić information content (AvgIpc) is 2.01. The van der Waals surface area contributed by atoms with Gasteiger partial charge < -0.3 is 5.32 Å². The van der Waals surface area contributed by atoms with Gasteiger partial charge in [0, 0.05) is 23.2 Å². The first-order chi connectivity index (χ1) is 6.11. The van der Waals surface area contributed by atoms with Crippen LogP contribution in [0.4, 0.5) is 5.69 Å². The summed E-state index contributed by atoms with van der Waals surface area (Å²) < 4.78 is 0. The second-order valence-corrected chi connectivity index (χ2v) is 3.01. The van der Waals surface area contributed by atoms with Crippen LogP contribution in [0.2, 0.25) is 5.02 Å². The van der Waals surface area contributed by atoms with Crippen molar-refractivity contribution >= 4 is 29.5 Å². The molecule has 0 fully saturated rings. The fourth-order valence-electron chi connectivity index (χ4n) is 0.956. The van der Waals surface area contributed by atoms with Crippen molar-refractivity contribution in [2.24, 2.45) is 0 Å². The van der Waals surface area contributed by atoms with Gasteiger partial charge in [-0.2, -0.15) is 0 Å². The molecule has 68 valence electrons. The largest absolute Gasteiger partial charge is 0.326 e. The minimum atomic E-state index is -0.195. The van der Waals surface area contributed by atoms with Gasteiger partial charge >= 0.3 is 0 Å². The van der Waals surface area contributed by atoms with E-state index in [1.165, 1.54) is 13.0 Å². The smallest absolute Gasteiger partial charge is 0.221 e. The number of hydrogen-bond acceptors (Lipinski definition) is 2. The minimum Gasteiger partial charge on any atom is -0.326 e. The summed E-state index contributed by atoms with van der Waals surface area (Å²) in [5, 5.41) is 2.96. The van der Waals surface area contributed by atoms with E-state index in [9.17, 15) is 9.59 Å². The van der Waals surface area contributed by atoms with Crippen molar-refractivity contribution in [2.45, 2.75) is 6.92 Å². The second-order valence-electron chi connectivity index (χ2n) is 2.57. The van der Waals surface area contributed by atoms with Gasteiger partial charge in [0.2, 0.25) is 5.91 Å². The molecule has 0 aliphatic carbocycles. The van der Waals surface area contributed by atoms with Crippen LogP contribution >= 0.6 is 11.6 Å². The number of nitrogens with one attached hydrogen (secondary N) is 1. The van der Waals surface area contributed by atoms with Crippen LogP contribution in [0.15, 0.2) is 18.2 Å². The van der Waals surface area contributed by atoms with Crippen LogP contribution in [-0.4, -0.2) is 12.2 Å². The number of carbonyl (C=O) groups excluding carboxylic acids is 2. The van der Waals surface area contributed by atoms with Crippen molar-refractivity contribution in [1.82, 2.24) is 0 Å². The van der Waals surface area contributed by atoms with Gasteiger partial charge in [0.1, 0.15) is 6.29 Å². The quantitative estimate of drug-likeness (QED) is 0.739. The first kappa shape index (κ1) is 9.74. The summed E-state index contributed by atoms with van der Waals surface area (Å²) in [5.74, 6) is -0.195. The molecule has 0 unspecified atom stereocenters. The lowest BCUT2D eigenvalue weighted by atomic mass is 10.2. The van der Waals surface area contributed by atoms with Gasteiger partial charge in [0.25, 0.3) is 0 Å². The zero-order valence-electron chi connectivity index (χ0n) is 7.00. The highest BCUT2D eigenvalue weighted by molar-refractivity contribution is 6.31. The molecule has 0 spiro atoms. The Morgan fingerprint density at radius 3 is 2.69 bits per heavy atom. The third kappa shape index (κ3) is 2.87. The molecule has 0 saturated heterocycles. The van der Waals surface area contributed by atoms with Crippen LogP contribution in [0.5, 0.6) is 0 Å². The van der Waals surface area contributed by atoms with E-state index in [4.69, 9.17) is 11.6 Å². The molecule has 1 aromatic carbocycles. The zero-order valence-corrected chi connectivity index (χ0v) is 7.76. The van der Waals surface area contributed by atoms with Crippen molar-refractivity contribution in [3.05, 3.63) is 28.8 Å². The van der Waals surface area contributed by atoms with Crippen molar-refractivity contribution < 1.29 is 9.59 Å². The van der Waals surface area contributed by atoms with Crippen LogP contribution in [0.1, 0.15) is 17.3 Å². The summed E-state index contributed by atoms with van der Waals surface area (Å²) >= 11 is 5.70. The van der Waals surface area contributed by atoms with E-state index in [2.05, 4.69) is 5.32 Å². The number of anilines is 1. The summed E-state index contributed by atoms with van der Waals surface area (Å²) in [7, 11) is 0. The molecule has 0 heterocycles. The predicted molar refractivity (Wildman–Crippen MR) is 51.1 cm³/mol. The maximum atomic E-state index is 10.7. The Morgan fingerprint density at radius 1 is 1.46 bits per heavy atom. The van der Waals surface area contributed by atoms with Gasteiger partial charge in [-0.05, 0) is 18.2 Å². The number of rotatable bonds is 2. The minimum absolute atomic E-state index is 0.195. The molecule has 4 heteroatoms. The van der Waals surface area contributed by atoms with E-state index < -0.39 is 0 Å². The van der Waals surface area contributed by atoms with Gasteiger partial charge in [0.05, 0.1) is 0 Å². The van der Waals surface area contributed by atoms with Crippen LogP contribution in [0.25, 0.3) is 0 Å². The highest BCUT2D eigenvalue weighted by atomic mass is 35.5. The summed E-state index contributed by atoms with van der Waals surface area (Å²) in [5.41, 5.74) is 0.971. The average molecular weight is 198 g/mol. The van der Waals surface area contributed by atoms with E-state index in [0.717, 1.165) is 0 Å². The van der Waals surface area contributed by atoms with Crippen LogP contribution in [0, 0.1) is 0 Å². The molecule has 0 atom stereocenters. The van der Waals surface area contributed by atoms with Gasteiger partial charge in [0.15, 0.2) is 0 Å². The molecule has 0 aromatic heterocycles. The summed E-state index contributed by atoms with van der Waals surface area (Å²) in [6, 6.07) is 4.66. The Morgan fingerprint density at radius 2 is 2.15 bits per heavy atom. The molecule has 1 N–H and O–H groups in total. The van der Waals surface area contributed by atoms with Crippen molar-refractivity contribution in [2.75, 3.05) is 5.32 Å². The number of carbonyl (C=O) groups is 2. The number of benzene rings is 1. The zero-order chi connectivity index (χ0) is 9.84. The third-order valence-electron chi connectivity index (χ3n) is 1.38. The second kappa shape index (κ2) is 4.05. The molecule has 3 nitrogen and oxygen atoms in total. The molecule has 0 aliphatic heterocycles. The van der Waals surface area contributed by atoms with E-state index in [0.29, 0.717) is 22.6 Å². The SMILES string of the molecule is CC(=O)Nc1cc(Cl)cc(C=O)c1. The molecular formula is C9H8ClNO2. The maximum Gasteiger partial charge on any atom is 0.221 e. The lowest BCUT2D eigenvalue weighted by molar-refractivity contribution is -0.114. The van der Waals surface area contributed by atoms with Crippen LogP contribution < -0.4 is 5.32 Å². The lowest BCUT2D eigenvalue weighted by Crippen LogP contribution is -2.05. The Balaban J connectivity index is 3.01. The fraction of sp³-hybridized carbons (Fsp3) is 0.111. The van der Waals surface area contributed by atoms with E-state index in [-0.39, 0.29) is 5.91 Å². The summed E-state index contributed by atoms with van der Waals surface area (Å²) in [6.07, 6.45) is 0.678. The number of amides is 1. The maximum absolute atomic E-state index is 10.7. The molecule has 0 saturated carbocycles. The van der Waals surface area contributed by atoms with E-state index >= 15 is 0 Å². The Kier molecular flexibility index (Phi) is 3.03.